The van der Waals surface area contributed by atoms with Gasteiger partial charge in [0, 0.05) is 26.2 Å². The fourth-order valence-corrected chi connectivity index (χ4v) is 1.74. The lowest BCUT2D eigenvalue weighted by atomic mass is 10.4. The molecule has 1 heterocycles. The summed E-state index contributed by atoms with van der Waals surface area (Å²) in [6.07, 6.45) is -4.69. The van der Waals surface area contributed by atoms with Gasteiger partial charge in [-0.05, 0) is 13.8 Å². The summed E-state index contributed by atoms with van der Waals surface area (Å²) in [6.45, 7) is 4.62. The minimum Gasteiger partial charge on any atom is -0.384 e. The molecule has 0 aliphatic heterocycles. The van der Waals surface area contributed by atoms with E-state index < -0.39 is 12.0 Å². The molecule has 1 rings (SSSR count). The second-order valence-electron chi connectivity index (χ2n) is 4.39. The summed E-state index contributed by atoms with van der Waals surface area (Å²) in [5.74, 6) is -1.86. The largest absolute Gasteiger partial charge is 0.451 e. The number of anilines is 2. The van der Waals surface area contributed by atoms with Crippen LogP contribution in [0.3, 0.4) is 0 Å². The van der Waals surface area contributed by atoms with Crippen molar-refractivity contribution < 1.29 is 18.0 Å². The van der Waals surface area contributed by atoms with Crippen molar-refractivity contribution in [1.82, 2.24) is 14.9 Å². The molecule has 0 aliphatic carbocycles. The predicted molar refractivity (Wildman–Crippen MR) is 72.6 cm³/mol. The van der Waals surface area contributed by atoms with Crippen LogP contribution in [0.1, 0.15) is 19.7 Å². The van der Waals surface area contributed by atoms with Crippen LogP contribution >= 0.6 is 0 Å². The molecule has 9 heteroatoms. The number of hydrogen-bond donors (Lipinski definition) is 1. The van der Waals surface area contributed by atoms with E-state index in [2.05, 4.69) is 9.97 Å². The number of aromatic nitrogens is 2. The maximum absolute atomic E-state index is 12.6. The third kappa shape index (κ3) is 4.47. The zero-order valence-electron chi connectivity index (χ0n) is 12.1. The van der Waals surface area contributed by atoms with Crippen LogP contribution in [0.15, 0.2) is 6.07 Å². The Labute approximate surface area is 120 Å². The van der Waals surface area contributed by atoms with Gasteiger partial charge in [0.05, 0.1) is 6.54 Å². The minimum absolute atomic E-state index is 0.0460. The molecule has 0 radical (unpaired) electrons. The van der Waals surface area contributed by atoms with Crippen molar-refractivity contribution in [3.63, 3.8) is 0 Å². The van der Waals surface area contributed by atoms with Crippen molar-refractivity contribution in [2.45, 2.75) is 20.0 Å². The summed E-state index contributed by atoms with van der Waals surface area (Å²) in [6, 6.07) is 1.20. The molecule has 0 spiro atoms. The highest BCUT2D eigenvalue weighted by Gasteiger charge is 2.35. The zero-order chi connectivity index (χ0) is 16.2. The number of carbonyl (C=O) groups is 1. The SMILES string of the molecule is CCN(CC)C(=O)CN(C)c1cc(N)nc(C(F)(F)F)n1. The monoisotopic (exact) mass is 305 g/mol. The average molecular weight is 305 g/mol. The molecule has 2 N–H and O–H groups in total. The van der Waals surface area contributed by atoms with E-state index in [1.807, 2.05) is 13.8 Å². The van der Waals surface area contributed by atoms with Crippen molar-refractivity contribution in [2.24, 2.45) is 0 Å². The molecule has 1 amide bonds. The number of nitrogens with two attached hydrogens (primary N) is 1. The van der Waals surface area contributed by atoms with Gasteiger partial charge < -0.3 is 15.5 Å². The summed E-state index contributed by atoms with van der Waals surface area (Å²) in [7, 11) is 1.48. The van der Waals surface area contributed by atoms with Gasteiger partial charge in [-0.2, -0.15) is 13.2 Å². The van der Waals surface area contributed by atoms with Gasteiger partial charge in [0.25, 0.3) is 0 Å². The Kier molecular flexibility index (Phi) is 5.34. The average Bonchev–Trinajstić information content (AvgIpc) is 2.38. The number of alkyl halides is 3. The lowest BCUT2D eigenvalue weighted by Crippen LogP contribution is -2.39. The third-order valence-electron chi connectivity index (χ3n) is 2.87. The maximum atomic E-state index is 12.6. The quantitative estimate of drug-likeness (QED) is 0.889. The van der Waals surface area contributed by atoms with E-state index in [9.17, 15) is 18.0 Å². The number of carbonyl (C=O) groups excluding carboxylic acids is 1. The Morgan fingerprint density at radius 1 is 1.29 bits per heavy atom. The molecular weight excluding hydrogens is 287 g/mol. The number of likely N-dealkylation sites (N-methyl/N-ethyl adjacent to an activating group) is 2. The standard InChI is InChI=1S/C12H18F3N5O/c1-4-20(5-2)10(21)7-19(3)9-6-8(16)17-11(18-9)12(13,14)15/h6H,4-5,7H2,1-3H3,(H2,16,17,18). The number of hydrogen-bond acceptors (Lipinski definition) is 5. The molecule has 0 unspecified atom stereocenters. The van der Waals surface area contributed by atoms with Gasteiger partial charge in [-0.25, -0.2) is 9.97 Å². The van der Waals surface area contributed by atoms with Crippen LogP contribution in [0.4, 0.5) is 24.8 Å². The first-order valence-corrected chi connectivity index (χ1v) is 6.39. The van der Waals surface area contributed by atoms with Crippen molar-refractivity contribution in [2.75, 3.05) is 37.3 Å². The molecule has 0 saturated carbocycles. The van der Waals surface area contributed by atoms with Gasteiger partial charge in [0.15, 0.2) is 0 Å². The summed E-state index contributed by atoms with van der Waals surface area (Å²) < 4.78 is 37.9. The van der Waals surface area contributed by atoms with Crippen molar-refractivity contribution in [3.05, 3.63) is 11.9 Å². The van der Waals surface area contributed by atoms with E-state index in [0.29, 0.717) is 13.1 Å². The highest BCUT2D eigenvalue weighted by Crippen LogP contribution is 2.28. The Morgan fingerprint density at radius 3 is 2.33 bits per heavy atom. The molecule has 0 saturated heterocycles. The van der Waals surface area contributed by atoms with Gasteiger partial charge in [0.2, 0.25) is 11.7 Å². The van der Waals surface area contributed by atoms with Crippen LogP contribution in [0.25, 0.3) is 0 Å². The second-order valence-corrected chi connectivity index (χ2v) is 4.39. The molecule has 0 atom stereocenters. The van der Waals surface area contributed by atoms with Gasteiger partial charge in [-0.1, -0.05) is 0 Å². The Morgan fingerprint density at radius 2 is 1.86 bits per heavy atom. The van der Waals surface area contributed by atoms with E-state index in [-0.39, 0.29) is 24.1 Å². The topological polar surface area (TPSA) is 75.4 Å². The van der Waals surface area contributed by atoms with Crippen LogP contribution in [-0.4, -0.2) is 47.5 Å². The molecular formula is C12H18F3N5O. The fourth-order valence-electron chi connectivity index (χ4n) is 1.74. The van der Waals surface area contributed by atoms with E-state index in [0.717, 1.165) is 0 Å². The first-order chi connectivity index (χ1) is 9.68. The third-order valence-corrected chi connectivity index (χ3v) is 2.87. The van der Waals surface area contributed by atoms with Crippen molar-refractivity contribution in [1.29, 1.82) is 0 Å². The van der Waals surface area contributed by atoms with E-state index >= 15 is 0 Å². The molecule has 1 aromatic heterocycles. The van der Waals surface area contributed by atoms with Crippen LogP contribution in [0, 0.1) is 0 Å². The highest BCUT2D eigenvalue weighted by atomic mass is 19.4. The molecule has 0 aromatic carbocycles. The van der Waals surface area contributed by atoms with Crippen LogP contribution < -0.4 is 10.6 Å². The van der Waals surface area contributed by atoms with Gasteiger partial charge in [0.1, 0.15) is 11.6 Å². The highest BCUT2D eigenvalue weighted by molar-refractivity contribution is 5.81. The molecule has 21 heavy (non-hydrogen) atoms. The first-order valence-electron chi connectivity index (χ1n) is 6.39. The summed E-state index contributed by atoms with van der Waals surface area (Å²) in [5.41, 5.74) is 5.36. The summed E-state index contributed by atoms with van der Waals surface area (Å²) >= 11 is 0. The van der Waals surface area contributed by atoms with Crippen LogP contribution in [0.2, 0.25) is 0 Å². The van der Waals surface area contributed by atoms with Crippen molar-refractivity contribution >= 4 is 17.5 Å². The van der Waals surface area contributed by atoms with E-state index in [1.165, 1.54) is 18.0 Å². The molecule has 0 fully saturated rings. The fraction of sp³-hybridized carbons (Fsp3) is 0.583. The molecule has 118 valence electrons. The first kappa shape index (κ1) is 17.0. The smallest absolute Gasteiger partial charge is 0.384 e. The maximum Gasteiger partial charge on any atom is 0.451 e. The number of rotatable bonds is 5. The second kappa shape index (κ2) is 6.59. The van der Waals surface area contributed by atoms with Gasteiger partial charge >= 0.3 is 6.18 Å². The Hall–Kier alpha value is -2.06. The summed E-state index contributed by atoms with van der Waals surface area (Å²) in [4.78, 5) is 21.4. The number of nitrogens with zero attached hydrogens (tertiary/aromatic N) is 4. The van der Waals surface area contributed by atoms with Gasteiger partial charge in [-0.15, -0.1) is 0 Å². The van der Waals surface area contributed by atoms with Gasteiger partial charge in [-0.3, -0.25) is 4.79 Å². The summed E-state index contributed by atoms with van der Waals surface area (Å²) in [5, 5.41) is 0. The number of nitrogen functional groups attached to an aromatic ring is 1. The number of halogens is 3. The zero-order valence-corrected chi connectivity index (χ0v) is 12.1. The molecule has 6 nitrogen and oxygen atoms in total. The lowest BCUT2D eigenvalue weighted by molar-refractivity contribution is -0.144. The van der Waals surface area contributed by atoms with E-state index in [1.54, 1.807) is 4.90 Å². The van der Waals surface area contributed by atoms with E-state index in [4.69, 9.17) is 5.73 Å². The normalized spacial score (nSPS) is 11.3. The predicted octanol–water partition coefficient (Wildman–Crippen LogP) is 1.38. The lowest BCUT2D eigenvalue weighted by Gasteiger charge is -2.24. The minimum atomic E-state index is -4.69. The Balaban J connectivity index is 2.95. The van der Waals surface area contributed by atoms with Crippen LogP contribution in [-0.2, 0) is 11.0 Å². The van der Waals surface area contributed by atoms with Crippen LogP contribution in [0.5, 0.6) is 0 Å². The Bertz CT molecular complexity index is 502. The molecule has 0 aliphatic rings. The molecule has 1 aromatic rings. The van der Waals surface area contributed by atoms with Crippen molar-refractivity contribution in [3.8, 4) is 0 Å². The molecule has 0 bridgehead atoms. The number of amides is 1.